The molecule has 0 unspecified atom stereocenters. The van der Waals surface area contributed by atoms with Crippen LogP contribution in [0.15, 0.2) is 24.3 Å². The maximum Gasteiger partial charge on any atom is 0.337 e. The molecule has 5 nitrogen and oxygen atoms in total. The highest BCUT2D eigenvalue weighted by molar-refractivity contribution is 7.92. The Morgan fingerprint density at radius 2 is 2.00 bits per heavy atom. The van der Waals surface area contributed by atoms with Crippen LogP contribution in [0.5, 0.6) is 0 Å². The van der Waals surface area contributed by atoms with E-state index in [4.69, 9.17) is 5.11 Å². The van der Waals surface area contributed by atoms with E-state index in [2.05, 4.69) is 4.72 Å². The van der Waals surface area contributed by atoms with Crippen molar-refractivity contribution in [1.29, 1.82) is 0 Å². The van der Waals surface area contributed by atoms with Crippen LogP contribution in [-0.4, -0.2) is 31.9 Å². The third-order valence-electron chi connectivity index (χ3n) is 1.97. The molecule has 0 saturated carbocycles. The van der Waals surface area contributed by atoms with Gasteiger partial charge < -0.3 is 5.11 Å². The molecule has 0 aliphatic rings. The quantitative estimate of drug-likeness (QED) is 0.812. The van der Waals surface area contributed by atoms with Crippen LogP contribution in [0.1, 0.15) is 16.8 Å². The summed E-state index contributed by atoms with van der Waals surface area (Å²) in [5.41, 5.74) is -0.157. The zero-order chi connectivity index (χ0) is 12.9. The Bertz CT molecular complexity index is 501. The fraction of sp³-hybridized carbons (Fsp3) is 0.300. The van der Waals surface area contributed by atoms with Gasteiger partial charge in [0.2, 0.25) is 10.0 Å². The van der Waals surface area contributed by atoms with Crippen LogP contribution >= 0.6 is 0 Å². The van der Waals surface area contributed by atoms with Gasteiger partial charge in [0.15, 0.2) is 0 Å². The Hall–Kier alpha value is -1.63. The lowest BCUT2D eigenvalue weighted by Crippen LogP contribution is -2.18. The predicted octanol–water partition coefficient (Wildman–Crippen LogP) is 1.49. The molecule has 0 fully saturated rings. The topological polar surface area (TPSA) is 83.5 Å². The van der Waals surface area contributed by atoms with Gasteiger partial charge in [0, 0.05) is 0 Å². The summed E-state index contributed by atoms with van der Waals surface area (Å²) in [6.45, 7) is -0.735. The molecule has 0 heterocycles. The van der Waals surface area contributed by atoms with Gasteiger partial charge in [0.05, 0.1) is 23.7 Å². The van der Waals surface area contributed by atoms with Crippen LogP contribution in [0, 0.1) is 0 Å². The molecule has 1 aromatic rings. The summed E-state index contributed by atoms with van der Waals surface area (Å²) in [7, 11) is -3.71. The number of benzene rings is 1. The number of alkyl halides is 1. The van der Waals surface area contributed by atoms with Crippen molar-refractivity contribution in [2.45, 2.75) is 6.42 Å². The van der Waals surface area contributed by atoms with Crippen LogP contribution in [0.3, 0.4) is 0 Å². The molecule has 0 atom stereocenters. The first kappa shape index (κ1) is 13.4. The van der Waals surface area contributed by atoms with Gasteiger partial charge in [-0.3, -0.25) is 9.11 Å². The number of carbonyl (C=O) groups is 1. The fourth-order valence-electron chi connectivity index (χ4n) is 1.22. The van der Waals surface area contributed by atoms with Gasteiger partial charge in [-0.05, 0) is 18.6 Å². The first-order valence-corrected chi connectivity index (χ1v) is 6.50. The Morgan fingerprint density at radius 1 is 1.35 bits per heavy atom. The number of hydrogen-bond acceptors (Lipinski definition) is 3. The number of rotatable bonds is 6. The SMILES string of the molecule is O=C(O)c1ccccc1NS(=O)(=O)CCCF. The molecule has 0 bridgehead atoms. The molecule has 0 spiro atoms. The first-order valence-electron chi connectivity index (χ1n) is 4.85. The average molecular weight is 261 g/mol. The second-order valence-corrected chi connectivity index (χ2v) is 5.16. The normalized spacial score (nSPS) is 11.1. The highest BCUT2D eigenvalue weighted by Gasteiger charge is 2.15. The molecule has 2 N–H and O–H groups in total. The summed E-state index contributed by atoms with van der Waals surface area (Å²) in [4.78, 5) is 10.8. The van der Waals surface area contributed by atoms with Gasteiger partial charge in [-0.25, -0.2) is 13.2 Å². The standard InChI is InChI=1S/C10H12FNO4S/c11-6-3-7-17(15,16)12-9-5-2-1-4-8(9)10(13)14/h1-2,4-5,12H,3,6-7H2,(H,13,14). The summed E-state index contributed by atoms with van der Waals surface area (Å²) in [5.74, 6) is -1.61. The lowest BCUT2D eigenvalue weighted by Gasteiger charge is -2.09. The molecule has 0 aliphatic carbocycles. The number of sulfonamides is 1. The van der Waals surface area contributed by atoms with Crippen LogP contribution in [0.2, 0.25) is 0 Å². The maximum atomic E-state index is 11.9. The third kappa shape index (κ3) is 4.03. The third-order valence-corrected chi connectivity index (χ3v) is 3.33. The van der Waals surface area contributed by atoms with Gasteiger partial charge in [-0.1, -0.05) is 12.1 Å². The Balaban J connectivity index is 2.92. The minimum Gasteiger partial charge on any atom is -0.478 e. The van der Waals surface area contributed by atoms with Crippen molar-refractivity contribution in [1.82, 2.24) is 0 Å². The van der Waals surface area contributed by atoms with Gasteiger partial charge in [0.1, 0.15) is 0 Å². The van der Waals surface area contributed by atoms with Crippen molar-refractivity contribution >= 4 is 21.7 Å². The number of aromatic carboxylic acids is 1. The van der Waals surface area contributed by atoms with Gasteiger partial charge in [0.25, 0.3) is 0 Å². The molecule has 17 heavy (non-hydrogen) atoms. The molecule has 1 aromatic carbocycles. The molecule has 0 radical (unpaired) electrons. The van der Waals surface area contributed by atoms with Crippen LogP contribution in [-0.2, 0) is 10.0 Å². The van der Waals surface area contributed by atoms with E-state index < -0.39 is 22.7 Å². The fourth-order valence-corrected chi connectivity index (χ4v) is 2.33. The van der Waals surface area contributed by atoms with Crippen LogP contribution in [0.25, 0.3) is 0 Å². The van der Waals surface area contributed by atoms with Crippen LogP contribution < -0.4 is 4.72 Å². The largest absolute Gasteiger partial charge is 0.478 e. The second kappa shape index (κ2) is 5.62. The summed E-state index contributed by atoms with van der Waals surface area (Å²) in [6.07, 6.45) is -0.120. The lowest BCUT2D eigenvalue weighted by atomic mass is 10.2. The molecule has 7 heteroatoms. The zero-order valence-corrected chi connectivity index (χ0v) is 9.71. The molecule has 1 rings (SSSR count). The number of anilines is 1. The molecular formula is C10H12FNO4S. The average Bonchev–Trinajstić information content (AvgIpc) is 2.26. The number of halogens is 1. The minimum absolute atomic E-state index is 0.0149. The monoisotopic (exact) mass is 261 g/mol. The molecule has 0 aliphatic heterocycles. The van der Waals surface area contributed by atoms with E-state index in [1.165, 1.54) is 24.3 Å². The summed E-state index contributed by atoms with van der Waals surface area (Å²) in [6, 6.07) is 5.63. The molecule has 0 amide bonds. The van der Waals surface area contributed by atoms with Crippen molar-refractivity contribution < 1.29 is 22.7 Å². The van der Waals surface area contributed by atoms with Crippen molar-refractivity contribution in [3.63, 3.8) is 0 Å². The predicted molar refractivity (Wildman–Crippen MR) is 61.4 cm³/mol. The van der Waals surface area contributed by atoms with E-state index in [9.17, 15) is 17.6 Å². The molecule has 0 aromatic heterocycles. The van der Waals surface area contributed by atoms with Crippen molar-refractivity contribution in [3.8, 4) is 0 Å². The van der Waals surface area contributed by atoms with E-state index in [-0.39, 0.29) is 23.4 Å². The Labute approximate surface area is 98.3 Å². The number of carboxylic acid groups (broad SMARTS) is 1. The highest BCUT2D eigenvalue weighted by atomic mass is 32.2. The first-order chi connectivity index (χ1) is 7.96. The van der Waals surface area contributed by atoms with Gasteiger partial charge >= 0.3 is 5.97 Å². The number of nitrogens with one attached hydrogen (secondary N) is 1. The minimum atomic E-state index is -3.71. The van der Waals surface area contributed by atoms with E-state index in [1.807, 2.05) is 0 Å². The smallest absolute Gasteiger partial charge is 0.337 e. The van der Waals surface area contributed by atoms with Crippen molar-refractivity contribution in [3.05, 3.63) is 29.8 Å². The van der Waals surface area contributed by atoms with E-state index in [1.54, 1.807) is 0 Å². The van der Waals surface area contributed by atoms with E-state index in [0.717, 1.165) is 0 Å². The number of hydrogen-bond donors (Lipinski definition) is 2. The second-order valence-electron chi connectivity index (χ2n) is 3.31. The van der Waals surface area contributed by atoms with E-state index >= 15 is 0 Å². The number of para-hydroxylation sites is 1. The highest BCUT2D eigenvalue weighted by Crippen LogP contribution is 2.16. The van der Waals surface area contributed by atoms with E-state index in [0.29, 0.717) is 0 Å². The zero-order valence-electron chi connectivity index (χ0n) is 8.89. The Morgan fingerprint density at radius 3 is 2.59 bits per heavy atom. The summed E-state index contributed by atoms with van der Waals surface area (Å²) in [5, 5.41) is 8.84. The maximum absolute atomic E-state index is 11.9. The molecule has 0 saturated heterocycles. The van der Waals surface area contributed by atoms with Crippen molar-refractivity contribution in [2.24, 2.45) is 0 Å². The molecular weight excluding hydrogens is 249 g/mol. The van der Waals surface area contributed by atoms with Crippen molar-refractivity contribution in [2.75, 3.05) is 17.1 Å². The summed E-state index contributed by atoms with van der Waals surface area (Å²) < 4.78 is 36.9. The summed E-state index contributed by atoms with van der Waals surface area (Å²) >= 11 is 0. The van der Waals surface area contributed by atoms with Gasteiger partial charge in [-0.15, -0.1) is 0 Å². The lowest BCUT2D eigenvalue weighted by molar-refractivity contribution is 0.0698. The van der Waals surface area contributed by atoms with Crippen LogP contribution in [0.4, 0.5) is 10.1 Å². The number of carboxylic acids is 1. The molecule has 94 valence electrons. The Kier molecular flexibility index (Phi) is 4.45. The van der Waals surface area contributed by atoms with Gasteiger partial charge in [-0.2, -0.15) is 0 Å².